The molecule has 2 fully saturated rings. The van der Waals surface area contributed by atoms with Crippen LogP contribution >= 0.6 is 0 Å². The van der Waals surface area contributed by atoms with Crippen LogP contribution in [0.15, 0.2) is 21.6 Å². The van der Waals surface area contributed by atoms with Gasteiger partial charge < -0.3 is 14.3 Å². The summed E-state index contributed by atoms with van der Waals surface area (Å²) in [6, 6.07) is 1.33. The number of aromatic nitrogens is 2. The molecule has 8 nitrogen and oxygen atoms in total. The molecule has 0 aliphatic carbocycles. The molecule has 0 radical (unpaired) electrons. The van der Waals surface area contributed by atoms with Crippen LogP contribution in [0.4, 0.5) is 27.9 Å². The molecule has 0 N–H and O–H groups in total. The molecule has 34 heavy (non-hydrogen) atoms. The molecule has 0 bridgehead atoms. The third-order valence-corrected chi connectivity index (χ3v) is 7.28. The van der Waals surface area contributed by atoms with Crippen LogP contribution in [0.5, 0.6) is 0 Å². The van der Waals surface area contributed by atoms with Crippen LogP contribution in [-0.2, 0) is 27.2 Å². The van der Waals surface area contributed by atoms with Crippen LogP contribution in [0.25, 0.3) is 0 Å². The van der Waals surface area contributed by atoms with Gasteiger partial charge in [-0.2, -0.15) is 18.2 Å². The maximum atomic E-state index is 14.4. The molecule has 1 aromatic carbocycles. The Morgan fingerprint density at radius 3 is 2.24 bits per heavy atom. The number of halogens is 5. The number of carbonyl (C=O) groups excluding carboxylic acids is 1. The number of piperidine rings is 1. The van der Waals surface area contributed by atoms with E-state index in [9.17, 15) is 35.2 Å². The highest BCUT2D eigenvalue weighted by Gasteiger charge is 2.41. The van der Waals surface area contributed by atoms with E-state index in [1.165, 1.54) is 0 Å². The number of anilines is 1. The minimum atomic E-state index is -4.73. The number of hydrogen-bond acceptors (Lipinski definition) is 7. The lowest BCUT2D eigenvalue weighted by molar-refractivity contribution is -0.159. The smallest absolute Gasteiger partial charge is 0.339 e. The van der Waals surface area contributed by atoms with E-state index in [0.29, 0.717) is 38.9 Å². The highest BCUT2D eigenvalue weighted by atomic mass is 32.2. The summed E-state index contributed by atoms with van der Waals surface area (Å²) in [4.78, 5) is 19.0. The number of amides is 1. The molecule has 3 heterocycles. The van der Waals surface area contributed by atoms with Gasteiger partial charge in [-0.1, -0.05) is 0 Å². The summed E-state index contributed by atoms with van der Waals surface area (Å²) in [5.74, 6) is -4.54. The van der Waals surface area contributed by atoms with E-state index in [1.807, 2.05) is 0 Å². The molecule has 1 atom stereocenters. The van der Waals surface area contributed by atoms with E-state index < -0.39 is 44.4 Å². The summed E-state index contributed by atoms with van der Waals surface area (Å²) in [6.45, 7) is 1.01. The standard InChI is InChI=1S/C20H21F5N4O4S/c1-34(31,32)13-9-15(21)14(16(22)10-13)8-11-2-7-29(17(11)30)12-3-5-28(6-4-12)19-26-18(33-27-19)20(23,24)25/h9-12H,2-8H2,1H3/t11-/m1/s1. The summed E-state index contributed by atoms with van der Waals surface area (Å²) in [6.07, 6.45) is -2.78. The van der Waals surface area contributed by atoms with E-state index in [0.717, 1.165) is 18.4 Å². The van der Waals surface area contributed by atoms with Gasteiger partial charge in [-0.05, 0) is 43.0 Å². The average molecular weight is 508 g/mol. The first kappa shape index (κ1) is 24.4. The lowest BCUT2D eigenvalue weighted by Gasteiger charge is -2.36. The molecule has 0 unspecified atom stereocenters. The van der Waals surface area contributed by atoms with Crippen LogP contribution in [-0.4, -0.2) is 61.3 Å². The number of hydrogen-bond donors (Lipinski definition) is 0. The fraction of sp³-hybridized carbons (Fsp3) is 0.550. The van der Waals surface area contributed by atoms with Gasteiger partial charge in [-0.3, -0.25) is 4.79 Å². The minimum Gasteiger partial charge on any atom is -0.339 e. The Morgan fingerprint density at radius 2 is 1.71 bits per heavy atom. The fourth-order valence-corrected chi connectivity index (χ4v) is 5.02. The normalized spacial score (nSPS) is 20.4. The molecule has 14 heteroatoms. The van der Waals surface area contributed by atoms with Crippen LogP contribution in [0, 0.1) is 17.6 Å². The lowest BCUT2D eigenvalue weighted by Crippen LogP contribution is -2.46. The first-order chi connectivity index (χ1) is 15.8. The summed E-state index contributed by atoms with van der Waals surface area (Å²) < 4.78 is 94.2. The predicted octanol–water partition coefficient (Wildman–Crippen LogP) is 2.83. The SMILES string of the molecule is CS(=O)(=O)c1cc(F)c(C[C@H]2CCN(C3CCN(c4noc(C(F)(F)F)n4)CC3)C2=O)c(F)c1. The van der Waals surface area contributed by atoms with Crippen LogP contribution in [0.3, 0.4) is 0 Å². The summed E-state index contributed by atoms with van der Waals surface area (Å²) >= 11 is 0. The number of sulfone groups is 1. The van der Waals surface area contributed by atoms with Gasteiger partial charge in [0.25, 0.3) is 5.95 Å². The van der Waals surface area contributed by atoms with Gasteiger partial charge in [0.2, 0.25) is 5.91 Å². The van der Waals surface area contributed by atoms with Crippen LogP contribution in [0.1, 0.15) is 30.7 Å². The van der Waals surface area contributed by atoms with Gasteiger partial charge in [0.05, 0.1) is 4.90 Å². The number of rotatable bonds is 5. The lowest BCUT2D eigenvalue weighted by atomic mass is 9.97. The number of alkyl halides is 3. The predicted molar refractivity (Wildman–Crippen MR) is 108 cm³/mol. The Labute approximate surface area is 191 Å². The van der Waals surface area contributed by atoms with Crippen molar-refractivity contribution in [1.82, 2.24) is 15.0 Å². The quantitative estimate of drug-likeness (QED) is 0.573. The molecule has 4 rings (SSSR count). The first-order valence-electron chi connectivity index (χ1n) is 10.5. The Balaban J connectivity index is 1.38. The average Bonchev–Trinajstić information content (AvgIpc) is 3.37. The van der Waals surface area contributed by atoms with Gasteiger partial charge in [0.1, 0.15) is 11.6 Å². The maximum absolute atomic E-state index is 14.4. The van der Waals surface area contributed by atoms with Crippen molar-refractivity contribution in [1.29, 1.82) is 0 Å². The highest BCUT2D eigenvalue weighted by molar-refractivity contribution is 7.90. The van der Waals surface area contributed by atoms with E-state index in [-0.39, 0.29) is 29.9 Å². The van der Waals surface area contributed by atoms with Crippen molar-refractivity contribution in [3.63, 3.8) is 0 Å². The summed E-state index contributed by atoms with van der Waals surface area (Å²) in [5, 5.41) is 3.37. The molecule has 0 saturated carbocycles. The van der Waals surface area contributed by atoms with Crippen molar-refractivity contribution >= 4 is 21.7 Å². The number of likely N-dealkylation sites (tertiary alicyclic amines) is 1. The molecule has 2 saturated heterocycles. The zero-order chi connectivity index (χ0) is 24.8. The van der Waals surface area contributed by atoms with Gasteiger partial charge in [-0.15, -0.1) is 0 Å². The van der Waals surface area contributed by atoms with Crippen molar-refractivity contribution in [3.8, 4) is 0 Å². The zero-order valence-electron chi connectivity index (χ0n) is 18.0. The van der Waals surface area contributed by atoms with E-state index >= 15 is 0 Å². The monoisotopic (exact) mass is 508 g/mol. The van der Waals surface area contributed by atoms with Crippen molar-refractivity contribution in [2.24, 2.45) is 5.92 Å². The first-order valence-corrected chi connectivity index (χ1v) is 12.4. The number of benzene rings is 1. The zero-order valence-corrected chi connectivity index (χ0v) is 18.8. The molecule has 1 aromatic heterocycles. The Kier molecular flexibility index (Phi) is 6.29. The van der Waals surface area contributed by atoms with Crippen molar-refractivity contribution in [2.45, 2.75) is 42.8 Å². The number of carbonyl (C=O) groups is 1. The van der Waals surface area contributed by atoms with Crippen LogP contribution < -0.4 is 4.90 Å². The van der Waals surface area contributed by atoms with E-state index in [4.69, 9.17) is 0 Å². The van der Waals surface area contributed by atoms with Crippen molar-refractivity contribution in [3.05, 3.63) is 35.2 Å². The third kappa shape index (κ3) is 4.86. The second-order valence-corrected chi connectivity index (χ2v) is 10.5. The van der Waals surface area contributed by atoms with Gasteiger partial charge >= 0.3 is 12.1 Å². The van der Waals surface area contributed by atoms with E-state index in [1.54, 1.807) is 9.80 Å². The van der Waals surface area contributed by atoms with Gasteiger partial charge in [-0.25, -0.2) is 17.2 Å². The van der Waals surface area contributed by atoms with Crippen molar-refractivity contribution < 1.29 is 39.7 Å². The summed E-state index contributed by atoms with van der Waals surface area (Å²) in [5.41, 5.74) is -0.333. The van der Waals surface area contributed by atoms with E-state index in [2.05, 4.69) is 14.7 Å². The molecule has 2 aliphatic heterocycles. The van der Waals surface area contributed by atoms with Crippen LogP contribution in [0.2, 0.25) is 0 Å². The van der Waals surface area contributed by atoms with Gasteiger partial charge in [0, 0.05) is 43.4 Å². The van der Waals surface area contributed by atoms with Crippen molar-refractivity contribution in [2.75, 3.05) is 30.8 Å². The molecule has 1 amide bonds. The van der Waals surface area contributed by atoms with Gasteiger partial charge in [0.15, 0.2) is 9.84 Å². The third-order valence-electron chi connectivity index (χ3n) is 6.19. The molecule has 186 valence electrons. The second-order valence-electron chi connectivity index (χ2n) is 8.47. The minimum absolute atomic E-state index is 0.167. The highest BCUT2D eigenvalue weighted by Crippen LogP contribution is 2.32. The Hall–Kier alpha value is -2.77. The second kappa shape index (κ2) is 8.78. The molecule has 2 aliphatic rings. The summed E-state index contributed by atoms with van der Waals surface area (Å²) in [7, 11) is -3.79. The largest absolute Gasteiger partial charge is 0.471 e. The fourth-order valence-electron chi connectivity index (χ4n) is 4.39. The molecular weight excluding hydrogens is 487 g/mol. The Morgan fingerprint density at radius 1 is 1.09 bits per heavy atom. The molecule has 0 spiro atoms. The maximum Gasteiger partial charge on any atom is 0.471 e. The molecular formula is C20H21F5N4O4S. The topological polar surface area (TPSA) is 96.6 Å². The Bertz CT molecular complexity index is 1170. The molecule has 2 aromatic rings. The number of nitrogens with zero attached hydrogens (tertiary/aromatic N) is 4.